The maximum atomic E-state index is 13.4. The highest BCUT2D eigenvalue weighted by molar-refractivity contribution is 5.91. The van der Waals surface area contributed by atoms with E-state index in [4.69, 9.17) is 10.5 Å². The molecule has 3 rings (SSSR count). The number of hydrogen-bond acceptors (Lipinski definition) is 4. The summed E-state index contributed by atoms with van der Waals surface area (Å²) in [5.74, 6) is -0.606. The summed E-state index contributed by atoms with van der Waals surface area (Å²) in [6.07, 6.45) is 1.45. The van der Waals surface area contributed by atoms with E-state index in [2.05, 4.69) is 5.32 Å². The van der Waals surface area contributed by atoms with Crippen LogP contribution in [-0.2, 0) is 14.3 Å². The minimum absolute atomic E-state index is 0.143. The van der Waals surface area contributed by atoms with Crippen molar-refractivity contribution in [1.29, 1.82) is 0 Å². The summed E-state index contributed by atoms with van der Waals surface area (Å²) < 4.78 is 4.98. The van der Waals surface area contributed by atoms with Crippen molar-refractivity contribution in [2.24, 2.45) is 5.73 Å². The molecule has 154 valence electrons. The molecule has 6 heteroatoms. The molecule has 0 spiro atoms. The van der Waals surface area contributed by atoms with Gasteiger partial charge < -0.3 is 20.7 Å². The fraction of sp³-hybridized carbons (Fsp3) is 0.391. The lowest BCUT2D eigenvalue weighted by molar-refractivity contribution is -0.139. The summed E-state index contributed by atoms with van der Waals surface area (Å²) >= 11 is 0. The molecule has 2 amide bonds. The first kappa shape index (κ1) is 21.0. The van der Waals surface area contributed by atoms with E-state index >= 15 is 0 Å². The lowest BCUT2D eigenvalue weighted by Crippen LogP contribution is -2.53. The Bertz CT molecular complexity index is 758. The number of likely N-dealkylation sites (tertiary alicyclic amines) is 1. The normalized spacial score (nSPS) is 17.3. The van der Waals surface area contributed by atoms with Crippen LogP contribution in [0.15, 0.2) is 60.7 Å². The zero-order valence-electron chi connectivity index (χ0n) is 16.8. The van der Waals surface area contributed by atoms with Crippen LogP contribution < -0.4 is 11.1 Å². The van der Waals surface area contributed by atoms with E-state index in [-0.39, 0.29) is 17.7 Å². The van der Waals surface area contributed by atoms with E-state index in [1.807, 2.05) is 60.7 Å². The maximum absolute atomic E-state index is 13.4. The van der Waals surface area contributed by atoms with Crippen LogP contribution in [0.4, 0.5) is 0 Å². The van der Waals surface area contributed by atoms with Gasteiger partial charge in [-0.15, -0.1) is 0 Å². The van der Waals surface area contributed by atoms with Crippen LogP contribution in [0.3, 0.4) is 0 Å². The van der Waals surface area contributed by atoms with Crippen molar-refractivity contribution in [3.8, 4) is 0 Å². The van der Waals surface area contributed by atoms with E-state index in [0.717, 1.165) is 17.5 Å². The molecule has 2 aromatic carbocycles. The van der Waals surface area contributed by atoms with Gasteiger partial charge in [-0.2, -0.15) is 0 Å². The third-order valence-electron chi connectivity index (χ3n) is 5.41. The summed E-state index contributed by atoms with van der Waals surface area (Å²) in [4.78, 5) is 27.6. The monoisotopic (exact) mass is 395 g/mol. The Labute approximate surface area is 172 Å². The van der Waals surface area contributed by atoms with Crippen LogP contribution in [0, 0.1) is 0 Å². The maximum Gasteiger partial charge on any atom is 0.242 e. The van der Waals surface area contributed by atoms with Crippen LogP contribution >= 0.6 is 0 Å². The molecule has 2 atom stereocenters. The number of nitrogens with zero attached hydrogens (tertiary/aromatic N) is 1. The molecule has 0 unspecified atom stereocenters. The molecule has 6 nitrogen and oxygen atoms in total. The second kappa shape index (κ2) is 10.2. The molecule has 0 radical (unpaired) electrons. The van der Waals surface area contributed by atoms with Gasteiger partial charge in [0.1, 0.15) is 6.04 Å². The highest BCUT2D eigenvalue weighted by Gasteiger charge is 2.39. The number of nitrogens with one attached hydrogen (secondary N) is 1. The van der Waals surface area contributed by atoms with Gasteiger partial charge in [0.25, 0.3) is 0 Å². The molecular formula is C23H29N3O3. The summed E-state index contributed by atoms with van der Waals surface area (Å²) in [6.45, 7) is 1.41. The SMILES string of the molecule is COCCNC(=O)[C@@H]1CCCN1C(=O)[C@H](N)C(c1ccccc1)c1ccccc1. The van der Waals surface area contributed by atoms with Crippen molar-refractivity contribution in [3.63, 3.8) is 0 Å². The number of nitrogens with two attached hydrogens (primary N) is 1. The van der Waals surface area contributed by atoms with Crippen molar-refractivity contribution in [2.45, 2.75) is 30.8 Å². The second-order valence-electron chi connectivity index (χ2n) is 7.30. The molecule has 1 saturated heterocycles. The number of carbonyl (C=O) groups is 2. The minimum atomic E-state index is -0.771. The number of benzene rings is 2. The summed E-state index contributed by atoms with van der Waals surface area (Å²) in [6, 6.07) is 18.4. The smallest absolute Gasteiger partial charge is 0.242 e. The Hall–Kier alpha value is -2.70. The second-order valence-corrected chi connectivity index (χ2v) is 7.30. The number of rotatable bonds is 8. The molecule has 0 aromatic heterocycles. The first-order valence-corrected chi connectivity index (χ1v) is 10.1. The van der Waals surface area contributed by atoms with Crippen molar-refractivity contribution < 1.29 is 14.3 Å². The topological polar surface area (TPSA) is 84.7 Å². The van der Waals surface area contributed by atoms with E-state index in [9.17, 15) is 9.59 Å². The predicted octanol–water partition coefficient (Wildman–Crippen LogP) is 1.90. The molecule has 3 N–H and O–H groups in total. The lowest BCUT2D eigenvalue weighted by Gasteiger charge is -2.31. The lowest BCUT2D eigenvalue weighted by atomic mass is 9.84. The van der Waals surface area contributed by atoms with Crippen molar-refractivity contribution in [1.82, 2.24) is 10.2 Å². The third-order valence-corrected chi connectivity index (χ3v) is 5.41. The number of amides is 2. The number of hydrogen-bond donors (Lipinski definition) is 2. The third kappa shape index (κ3) is 5.02. The van der Waals surface area contributed by atoms with Crippen LogP contribution in [0.2, 0.25) is 0 Å². The van der Waals surface area contributed by atoms with E-state index < -0.39 is 12.1 Å². The number of ether oxygens (including phenoxy) is 1. The van der Waals surface area contributed by atoms with Crippen molar-refractivity contribution in [3.05, 3.63) is 71.8 Å². The van der Waals surface area contributed by atoms with Gasteiger partial charge in [-0.25, -0.2) is 0 Å². The molecule has 0 aliphatic carbocycles. The molecule has 2 aromatic rings. The van der Waals surface area contributed by atoms with Crippen molar-refractivity contribution in [2.75, 3.05) is 26.8 Å². The molecule has 1 aliphatic heterocycles. The fourth-order valence-electron chi connectivity index (χ4n) is 3.96. The van der Waals surface area contributed by atoms with E-state index in [0.29, 0.717) is 26.1 Å². The molecule has 0 bridgehead atoms. The van der Waals surface area contributed by atoms with Crippen LogP contribution in [0.25, 0.3) is 0 Å². The van der Waals surface area contributed by atoms with Crippen LogP contribution in [-0.4, -0.2) is 55.6 Å². The van der Waals surface area contributed by atoms with Gasteiger partial charge >= 0.3 is 0 Å². The summed E-state index contributed by atoms with van der Waals surface area (Å²) in [5, 5.41) is 2.84. The summed E-state index contributed by atoms with van der Waals surface area (Å²) in [5.41, 5.74) is 8.52. The average Bonchev–Trinajstić information content (AvgIpc) is 3.25. The van der Waals surface area contributed by atoms with E-state index in [1.165, 1.54) is 0 Å². The van der Waals surface area contributed by atoms with Gasteiger partial charge in [-0.05, 0) is 24.0 Å². The molecular weight excluding hydrogens is 366 g/mol. The van der Waals surface area contributed by atoms with Crippen LogP contribution in [0.5, 0.6) is 0 Å². The number of carbonyl (C=O) groups excluding carboxylic acids is 2. The molecule has 1 fully saturated rings. The zero-order chi connectivity index (χ0) is 20.6. The molecule has 29 heavy (non-hydrogen) atoms. The fourth-order valence-corrected chi connectivity index (χ4v) is 3.96. The van der Waals surface area contributed by atoms with Crippen LogP contribution in [0.1, 0.15) is 29.9 Å². The highest BCUT2D eigenvalue weighted by atomic mass is 16.5. The van der Waals surface area contributed by atoms with Gasteiger partial charge in [0.15, 0.2) is 0 Å². The minimum Gasteiger partial charge on any atom is -0.383 e. The predicted molar refractivity (Wildman–Crippen MR) is 112 cm³/mol. The van der Waals surface area contributed by atoms with Gasteiger partial charge in [-0.1, -0.05) is 60.7 Å². The van der Waals surface area contributed by atoms with Gasteiger partial charge in [-0.3, -0.25) is 9.59 Å². The van der Waals surface area contributed by atoms with E-state index in [1.54, 1.807) is 12.0 Å². The Morgan fingerprint density at radius 2 is 1.69 bits per heavy atom. The molecule has 1 heterocycles. The largest absolute Gasteiger partial charge is 0.383 e. The first-order chi connectivity index (χ1) is 14.1. The van der Waals surface area contributed by atoms with Gasteiger partial charge in [0.05, 0.1) is 12.6 Å². The quantitative estimate of drug-likeness (QED) is 0.669. The summed E-state index contributed by atoms with van der Waals surface area (Å²) in [7, 11) is 1.59. The Morgan fingerprint density at radius 1 is 1.10 bits per heavy atom. The number of methoxy groups -OCH3 is 1. The van der Waals surface area contributed by atoms with Gasteiger partial charge in [0, 0.05) is 26.1 Å². The first-order valence-electron chi connectivity index (χ1n) is 10.1. The Kier molecular flexibility index (Phi) is 7.38. The zero-order valence-corrected chi connectivity index (χ0v) is 16.8. The molecule has 0 saturated carbocycles. The van der Waals surface area contributed by atoms with Gasteiger partial charge in [0.2, 0.25) is 11.8 Å². The average molecular weight is 396 g/mol. The highest BCUT2D eigenvalue weighted by Crippen LogP contribution is 2.29. The standard InChI is InChI=1S/C23H29N3O3/c1-29-16-14-25-22(27)19-13-8-15-26(19)23(28)21(24)20(17-9-4-2-5-10-17)18-11-6-3-7-12-18/h2-7,9-12,19-21H,8,13-16,24H2,1H3,(H,25,27)/t19-,21+/m0/s1. The Balaban J connectivity index is 1.81. The molecule has 1 aliphatic rings. The van der Waals surface area contributed by atoms with Crippen molar-refractivity contribution >= 4 is 11.8 Å². The Morgan fingerprint density at radius 3 is 2.24 bits per heavy atom.